The Morgan fingerprint density at radius 2 is 1.90 bits per heavy atom. The Labute approximate surface area is 180 Å². The van der Waals surface area contributed by atoms with Crippen LogP contribution in [0.1, 0.15) is 71.2 Å². The van der Waals surface area contributed by atoms with Crippen LogP contribution in [-0.2, 0) is 16.1 Å². The Kier molecular flexibility index (Phi) is 4.94. The number of hydrogen-bond acceptors (Lipinski definition) is 6. The molecule has 3 fully saturated rings. The fraction of sp³-hybridized carbons (Fsp3) is 0.565. The molecule has 8 nitrogen and oxygen atoms in total. The van der Waals surface area contributed by atoms with Crippen molar-refractivity contribution in [3.63, 3.8) is 0 Å². The van der Waals surface area contributed by atoms with E-state index in [4.69, 9.17) is 5.73 Å². The second-order valence-electron chi connectivity index (χ2n) is 9.53. The van der Waals surface area contributed by atoms with Gasteiger partial charge in [0.2, 0.25) is 11.8 Å². The van der Waals surface area contributed by atoms with Gasteiger partial charge in [-0.25, -0.2) is 0 Å². The van der Waals surface area contributed by atoms with E-state index in [1.54, 1.807) is 12.1 Å². The zero-order valence-electron chi connectivity index (χ0n) is 17.5. The van der Waals surface area contributed by atoms with Gasteiger partial charge in [0.1, 0.15) is 6.04 Å². The molecule has 4 aliphatic rings. The summed E-state index contributed by atoms with van der Waals surface area (Å²) in [4.78, 5) is 50.8. The Hall–Kier alpha value is -2.58. The molecule has 1 aromatic rings. The van der Waals surface area contributed by atoms with Crippen molar-refractivity contribution in [2.45, 2.75) is 63.6 Å². The Balaban J connectivity index is 1.29. The summed E-state index contributed by atoms with van der Waals surface area (Å²) in [5.74, 6) is -1.08. The summed E-state index contributed by atoms with van der Waals surface area (Å²) < 4.78 is 0. The number of nitrogens with one attached hydrogen (secondary N) is 2. The molecule has 2 saturated carbocycles. The molecule has 164 valence electrons. The van der Waals surface area contributed by atoms with E-state index >= 15 is 0 Å². The van der Waals surface area contributed by atoms with Gasteiger partial charge in [-0.3, -0.25) is 29.4 Å². The first-order valence-corrected chi connectivity index (χ1v) is 11.2. The molecule has 2 heterocycles. The normalized spacial score (nSPS) is 30.7. The van der Waals surface area contributed by atoms with Crippen LogP contribution in [0.2, 0.25) is 0 Å². The number of rotatable bonds is 6. The number of benzene rings is 1. The minimum atomic E-state index is -0.948. The highest BCUT2D eigenvalue weighted by Crippen LogP contribution is 2.55. The zero-order valence-corrected chi connectivity index (χ0v) is 17.5. The molecule has 5 rings (SSSR count). The fourth-order valence-corrected chi connectivity index (χ4v) is 6.07. The minimum Gasteiger partial charge on any atom is -0.326 e. The Morgan fingerprint density at radius 1 is 1.13 bits per heavy atom. The highest BCUT2D eigenvalue weighted by molar-refractivity contribution is 6.24. The molecule has 2 bridgehead atoms. The molecule has 2 unspecified atom stereocenters. The third-order valence-electron chi connectivity index (χ3n) is 7.82. The summed E-state index contributed by atoms with van der Waals surface area (Å²) in [5, 5.41) is 5.62. The van der Waals surface area contributed by atoms with Gasteiger partial charge in [0.05, 0.1) is 11.1 Å². The van der Waals surface area contributed by atoms with E-state index in [0.717, 1.165) is 16.4 Å². The van der Waals surface area contributed by atoms with E-state index in [0.29, 0.717) is 24.2 Å². The topological polar surface area (TPSA) is 122 Å². The van der Waals surface area contributed by atoms with E-state index in [2.05, 4.69) is 10.6 Å². The largest absolute Gasteiger partial charge is 0.326 e. The van der Waals surface area contributed by atoms with Crippen LogP contribution < -0.4 is 16.4 Å². The van der Waals surface area contributed by atoms with Crippen LogP contribution >= 0.6 is 0 Å². The molecule has 1 aromatic carbocycles. The first kappa shape index (κ1) is 20.3. The van der Waals surface area contributed by atoms with Gasteiger partial charge < -0.3 is 11.1 Å². The molecule has 8 heteroatoms. The molecule has 4 amide bonds. The summed E-state index contributed by atoms with van der Waals surface area (Å²) >= 11 is 0. The van der Waals surface area contributed by atoms with Gasteiger partial charge in [-0.2, -0.15) is 0 Å². The number of imide groups is 2. The van der Waals surface area contributed by atoms with Crippen molar-refractivity contribution in [3.8, 4) is 0 Å². The van der Waals surface area contributed by atoms with E-state index in [1.807, 2.05) is 6.07 Å². The average molecular weight is 425 g/mol. The van der Waals surface area contributed by atoms with Crippen molar-refractivity contribution in [1.29, 1.82) is 0 Å². The van der Waals surface area contributed by atoms with Crippen molar-refractivity contribution < 1.29 is 19.2 Å². The first-order valence-electron chi connectivity index (χ1n) is 11.2. The van der Waals surface area contributed by atoms with Crippen LogP contribution in [-0.4, -0.2) is 47.2 Å². The number of fused-ring (bicyclic) bond motifs is 3. The number of piperidine rings is 1. The third kappa shape index (κ3) is 3.29. The van der Waals surface area contributed by atoms with Crippen LogP contribution in [0.4, 0.5) is 0 Å². The van der Waals surface area contributed by atoms with E-state index in [-0.39, 0.29) is 30.2 Å². The number of carbonyl (C=O) groups is 4. The van der Waals surface area contributed by atoms with Crippen molar-refractivity contribution in [3.05, 3.63) is 34.9 Å². The smallest absolute Gasteiger partial charge is 0.262 e. The van der Waals surface area contributed by atoms with Crippen LogP contribution in [0, 0.1) is 11.3 Å². The van der Waals surface area contributed by atoms with Gasteiger partial charge in [-0.15, -0.1) is 0 Å². The summed E-state index contributed by atoms with van der Waals surface area (Å²) in [7, 11) is 0. The number of amides is 4. The quantitative estimate of drug-likeness (QED) is 0.588. The van der Waals surface area contributed by atoms with E-state index < -0.39 is 23.8 Å². The molecular formula is C23H28N4O4. The number of carbonyl (C=O) groups excluding carboxylic acids is 4. The van der Waals surface area contributed by atoms with Crippen molar-refractivity contribution >= 4 is 23.6 Å². The standard InChI is InChI=1S/C23H28N4O4/c24-17(23-8-6-13(10-23)7-9-23)12-25-11-14-2-1-3-15-19(14)22(31)27(21(15)30)16-4-5-18(28)26-20(16)29/h1-3,13,16-17,25H,4-12,24H2,(H,26,28,29). The molecule has 2 aliphatic carbocycles. The SMILES string of the molecule is NC(CNCc1cccc2c1C(=O)N(C1CCC(=O)NC1=O)C2=O)C12CCC(CC1)C2. The second-order valence-corrected chi connectivity index (χ2v) is 9.53. The molecular weight excluding hydrogens is 396 g/mol. The van der Waals surface area contributed by atoms with Crippen molar-refractivity contribution in [2.24, 2.45) is 17.1 Å². The summed E-state index contributed by atoms with van der Waals surface area (Å²) in [6.07, 6.45) is 6.47. The third-order valence-corrected chi connectivity index (χ3v) is 7.82. The van der Waals surface area contributed by atoms with Crippen molar-refractivity contribution in [2.75, 3.05) is 6.54 Å². The van der Waals surface area contributed by atoms with Gasteiger partial charge in [-0.1, -0.05) is 12.1 Å². The second kappa shape index (κ2) is 7.53. The average Bonchev–Trinajstić information content (AvgIpc) is 3.43. The van der Waals surface area contributed by atoms with Crippen LogP contribution in [0.3, 0.4) is 0 Å². The van der Waals surface area contributed by atoms with Crippen LogP contribution in [0.5, 0.6) is 0 Å². The van der Waals surface area contributed by atoms with Gasteiger partial charge in [0.25, 0.3) is 11.8 Å². The number of nitrogens with two attached hydrogens (primary N) is 1. The highest BCUT2D eigenvalue weighted by Gasteiger charge is 2.48. The molecule has 2 atom stereocenters. The monoisotopic (exact) mass is 424 g/mol. The van der Waals surface area contributed by atoms with Crippen molar-refractivity contribution in [1.82, 2.24) is 15.5 Å². The molecule has 4 N–H and O–H groups in total. The van der Waals surface area contributed by atoms with Crippen LogP contribution in [0.25, 0.3) is 0 Å². The molecule has 31 heavy (non-hydrogen) atoms. The van der Waals surface area contributed by atoms with Gasteiger partial charge >= 0.3 is 0 Å². The maximum Gasteiger partial charge on any atom is 0.262 e. The van der Waals surface area contributed by atoms with Gasteiger partial charge in [0.15, 0.2) is 0 Å². The molecule has 0 radical (unpaired) electrons. The lowest BCUT2D eigenvalue weighted by Crippen LogP contribution is -2.54. The van der Waals surface area contributed by atoms with E-state index in [9.17, 15) is 19.2 Å². The summed E-state index contributed by atoms with van der Waals surface area (Å²) in [6, 6.07) is 4.33. The fourth-order valence-electron chi connectivity index (χ4n) is 6.07. The minimum absolute atomic E-state index is 0.0778. The first-order chi connectivity index (χ1) is 14.9. The maximum absolute atomic E-state index is 13.2. The van der Waals surface area contributed by atoms with Crippen LogP contribution in [0.15, 0.2) is 18.2 Å². The Morgan fingerprint density at radius 3 is 2.58 bits per heavy atom. The lowest BCUT2D eigenvalue weighted by molar-refractivity contribution is -0.136. The predicted octanol–water partition coefficient (Wildman–Crippen LogP) is 1.08. The molecule has 0 spiro atoms. The van der Waals surface area contributed by atoms with E-state index in [1.165, 1.54) is 32.1 Å². The number of nitrogens with zero attached hydrogens (tertiary/aromatic N) is 1. The molecule has 0 aromatic heterocycles. The molecule has 1 saturated heterocycles. The summed E-state index contributed by atoms with van der Waals surface area (Å²) in [5.41, 5.74) is 8.20. The zero-order chi connectivity index (χ0) is 21.8. The van der Waals surface area contributed by atoms with Gasteiger partial charge in [0, 0.05) is 25.6 Å². The van der Waals surface area contributed by atoms with Gasteiger partial charge in [-0.05, 0) is 61.5 Å². The predicted molar refractivity (Wildman–Crippen MR) is 112 cm³/mol. The summed E-state index contributed by atoms with van der Waals surface area (Å²) in [6.45, 7) is 1.09. The lowest BCUT2D eigenvalue weighted by atomic mass is 9.77. The Bertz CT molecular complexity index is 966. The lowest BCUT2D eigenvalue weighted by Gasteiger charge is -2.33. The maximum atomic E-state index is 13.2. The number of hydrogen-bond donors (Lipinski definition) is 3. The molecule has 2 aliphatic heterocycles. The highest BCUT2D eigenvalue weighted by atomic mass is 16.2.